The van der Waals surface area contributed by atoms with Crippen LogP contribution in [0.15, 0.2) is 53.4 Å². The van der Waals surface area contributed by atoms with E-state index in [0.717, 1.165) is 6.42 Å². The van der Waals surface area contributed by atoms with E-state index < -0.39 is 28.5 Å². The molecule has 9 heteroatoms. The zero-order valence-electron chi connectivity index (χ0n) is 17.4. The van der Waals surface area contributed by atoms with Crippen LogP contribution in [-0.4, -0.2) is 44.3 Å². The lowest BCUT2D eigenvalue weighted by molar-refractivity contribution is -0.119. The van der Waals surface area contributed by atoms with Gasteiger partial charge in [0.15, 0.2) is 6.61 Å². The summed E-state index contributed by atoms with van der Waals surface area (Å²) in [6.45, 7) is 4.56. The number of hydrogen-bond acceptors (Lipinski definition) is 5. The third-order valence-corrected chi connectivity index (χ3v) is 7.22. The number of halogens is 1. The summed E-state index contributed by atoms with van der Waals surface area (Å²) < 4.78 is 32.4. The molecule has 1 aliphatic rings. The Morgan fingerprint density at radius 3 is 2.29 bits per heavy atom. The number of nitrogens with zero attached hydrogens (tertiary/aromatic N) is 1. The first-order valence-electron chi connectivity index (χ1n) is 9.98. The number of ether oxygens (including phenoxy) is 1. The van der Waals surface area contributed by atoms with Crippen LogP contribution < -0.4 is 5.32 Å². The number of esters is 1. The van der Waals surface area contributed by atoms with Gasteiger partial charge in [-0.05, 0) is 54.7 Å². The van der Waals surface area contributed by atoms with Gasteiger partial charge in [0, 0.05) is 13.1 Å². The van der Waals surface area contributed by atoms with Gasteiger partial charge >= 0.3 is 5.97 Å². The SMILES string of the molecule is C[C@@H]1C[C@H](C)CN(S(=O)(=O)c2ccc(C(=O)OCC(=O)Nc3ccccc3Cl)cc2)C1. The molecular formula is C22H25ClN2O5S. The molecule has 3 rings (SSSR count). The molecule has 0 unspecified atom stereocenters. The molecule has 166 valence electrons. The van der Waals surface area contributed by atoms with Gasteiger partial charge in [-0.1, -0.05) is 37.6 Å². The molecule has 1 heterocycles. The standard InChI is InChI=1S/C22H25ClN2O5S/c1-15-11-16(2)13-25(12-15)31(28,29)18-9-7-17(8-10-18)22(27)30-14-21(26)24-20-6-4-3-5-19(20)23/h3-10,15-16H,11-14H2,1-2H3,(H,24,26)/t15-,16+. The van der Waals surface area contributed by atoms with Crippen LogP contribution in [0.3, 0.4) is 0 Å². The van der Waals surface area contributed by atoms with Gasteiger partial charge in [-0.15, -0.1) is 0 Å². The van der Waals surface area contributed by atoms with Crippen molar-refractivity contribution < 1.29 is 22.7 Å². The number of benzene rings is 2. The highest BCUT2D eigenvalue weighted by Crippen LogP contribution is 2.27. The van der Waals surface area contributed by atoms with Crippen LogP contribution in [-0.2, 0) is 19.6 Å². The van der Waals surface area contributed by atoms with Gasteiger partial charge in [0.2, 0.25) is 10.0 Å². The highest BCUT2D eigenvalue weighted by Gasteiger charge is 2.31. The average molecular weight is 465 g/mol. The topological polar surface area (TPSA) is 92.8 Å². The Hall–Kier alpha value is -2.42. The molecule has 0 bridgehead atoms. The number of piperidine rings is 1. The molecule has 1 amide bonds. The molecule has 1 aliphatic heterocycles. The lowest BCUT2D eigenvalue weighted by Gasteiger charge is -2.34. The fourth-order valence-electron chi connectivity index (χ4n) is 3.68. The molecule has 1 N–H and O–H groups in total. The van der Waals surface area contributed by atoms with Crippen molar-refractivity contribution in [2.75, 3.05) is 25.0 Å². The van der Waals surface area contributed by atoms with Gasteiger partial charge in [0.25, 0.3) is 5.91 Å². The van der Waals surface area contributed by atoms with Crippen molar-refractivity contribution in [3.05, 3.63) is 59.1 Å². The first-order chi connectivity index (χ1) is 14.7. The summed E-state index contributed by atoms with van der Waals surface area (Å²) in [6.07, 6.45) is 1.00. The molecule has 2 atom stereocenters. The number of rotatable bonds is 6. The molecule has 0 aliphatic carbocycles. The Bertz CT molecular complexity index is 1050. The third-order valence-electron chi connectivity index (χ3n) is 5.05. The summed E-state index contributed by atoms with van der Waals surface area (Å²) in [5, 5.41) is 2.93. The van der Waals surface area contributed by atoms with Gasteiger partial charge < -0.3 is 10.1 Å². The largest absolute Gasteiger partial charge is 0.452 e. The van der Waals surface area contributed by atoms with E-state index in [1.165, 1.54) is 28.6 Å². The van der Waals surface area contributed by atoms with E-state index >= 15 is 0 Å². The minimum atomic E-state index is -3.63. The van der Waals surface area contributed by atoms with E-state index in [1.807, 2.05) is 13.8 Å². The maximum Gasteiger partial charge on any atom is 0.338 e. The van der Waals surface area contributed by atoms with Crippen molar-refractivity contribution in [3.63, 3.8) is 0 Å². The summed E-state index contributed by atoms with van der Waals surface area (Å²) in [5.41, 5.74) is 0.575. The number of hydrogen-bond donors (Lipinski definition) is 1. The minimum Gasteiger partial charge on any atom is -0.452 e. The summed E-state index contributed by atoms with van der Waals surface area (Å²) in [4.78, 5) is 24.3. The minimum absolute atomic E-state index is 0.127. The lowest BCUT2D eigenvalue weighted by atomic mass is 9.94. The normalized spacial score (nSPS) is 19.6. The lowest BCUT2D eigenvalue weighted by Crippen LogP contribution is -2.42. The zero-order chi connectivity index (χ0) is 22.6. The molecule has 1 fully saturated rings. The first-order valence-corrected chi connectivity index (χ1v) is 11.8. The Kier molecular flexibility index (Phi) is 7.35. The second kappa shape index (κ2) is 9.80. The predicted molar refractivity (Wildman–Crippen MR) is 119 cm³/mol. The number of nitrogens with one attached hydrogen (secondary N) is 1. The molecule has 0 aromatic heterocycles. The summed E-state index contributed by atoms with van der Waals surface area (Å²) in [5.74, 6) is -0.665. The highest BCUT2D eigenvalue weighted by atomic mass is 35.5. The monoisotopic (exact) mass is 464 g/mol. The van der Waals surface area contributed by atoms with Crippen molar-refractivity contribution >= 4 is 39.2 Å². The van der Waals surface area contributed by atoms with Crippen LogP contribution in [0.5, 0.6) is 0 Å². The van der Waals surface area contributed by atoms with Crippen molar-refractivity contribution in [2.45, 2.75) is 25.2 Å². The smallest absolute Gasteiger partial charge is 0.338 e. The van der Waals surface area contributed by atoms with Gasteiger partial charge in [-0.3, -0.25) is 4.79 Å². The fourth-order valence-corrected chi connectivity index (χ4v) is 5.54. The van der Waals surface area contributed by atoms with Crippen molar-refractivity contribution in [1.82, 2.24) is 4.31 Å². The third kappa shape index (κ3) is 5.84. The van der Waals surface area contributed by atoms with Gasteiger partial charge in [-0.25, -0.2) is 13.2 Å². The fraction of sp³-hybridized carbons (Fsp3) is 0.364. The number of anilines is 1. The molecule has 2 aromatic rings. The molecular weight excluding hydrogens is 440 g/mol. The maximum absolute atomic E-state index is 12.9. The van der Waals surface area contributed by atoms with E-state index in [9.17, 15) is 18.0 Å². The number of carbonyl (C=O) groups excluding carboxylic acids is 2. The van der Waals surface area contributed by atoms with Gasteiger partial charge in [0.05, 0.1) is 21.2 Å². The highest BCUT2D eigenvalue weighted by molar-refractivity contribution is 7.89. The Labute approximate surface area is 187 Å². The van der Waals surface area contributed by atoms with E-state index in [2.05, 4.69) is 5.32 Å². The number of sulfonamides is 1. The molecule has 1 saturated heterocycles. The predicted octanol–water partition coefficient (Wildman–Crippen LogP) is 3.80. The second-order valence-corrected chi connectivity index (χ2v) is 10.2. The first kappa shape index (κ1) is 23.2. The summed E-state index contributed by atoms with van der Waals surface area (Å²) in [6, 6.07) is 12.3. The van der Waals surface area contributed by atoms with Crippen LogP contribution in [0.25, 0.3) is 0 Å². The van der Waals surface area contributed by atoms with Crippen molar-refractivity contribution in [1.29, 1.82) is 0 Å². The van der Waals surface area contributed by atoms with Crippen LogP contribution in [0.4, 0.5) is 5.69 Å². The second-order valence-electron chi connectivity index (χ2n) is 7.90. The van der Waals surface area contributed by atoms with Crippen LogP contribution >= 0.6 is 11.6 Å². The van der Waals surface area contributed by atoms with Gasteiger partial charge in [-0.2, -0.15) is 4.31 Å². The Balaban J connectivity index is 1.59. The molecule has 0 spiro atoms. The number of para-hydroxylation sites is 1. The molecule has 7 nitrogen and oxygen atoms in total. The Morgan fingerprint density at radius 2 is 1.68 bits per heavy atom. The van der Waals surface area contributed by atoms with E-state index in [-0.39, 0.29) is 10.5 Å². The molecule has 2 aromatic carbocycles. The van der Waals surface area contributed by atoms with E-state index in [0.29, 0.717) is 35.6 Å². The van der Waals surface area contributed by atoms with Gasteiger partial charge in [0.1, 0.15) is 0 Å². The zero-order valence-corrected chi connectivity index (χ0v) is 18.9. The average Bonchev–Trinajstić information content (AvgIpc) is 2.73. The van der Waals surface area contributed by atoms with Crippen LogP contribution in [0.1, 0.15) is 30.6 Å². The summed E-state index contributed by atoms with van der Waals surface area (Å²) in [7, 11) is -3.63. The summed E-state index contributed by atoms with van der Waals surface area (Å²) >= 11 is 5.98. The number of carbonyl (C=O) groups is 2. The van der Waals surface area contributed by atoms with E-state index in [1.54, 1.807) is 24.3 Å². The van der Waals surface area contributed by atoms with Crippen LogP contribution in [0, 0.1) is 11.8 Å². The number of amides is 1. The van der Waals surface area contributed by atoms with Crippen molar-refractivity contribution in [3.8, 4) is 0 Å². The maximum atomic E-state index is 12.9. The van der Waals surface area contributed by atoms with Crippen molar-refractivity contribution in [2.24, 2.45) is 11.8 Å². The molecule has 0 saturated carbocycles. The Morgan fingerprint density at radius 1 is 1.06 bits per heavy atom. The van der Waals surface area contributed by atoms with Crippen LogP contribution in [0.2, 0.25) is 5.02 Å². The molecule has 31 heavy (non-hydrogen) atoms. The van der Waals surface area contributed by atoms with E-state index in [4.69, 9.17) is 16.3 Å². The quantitative estimate of drug-likeness (QED) is 0.656. The molecule has 0 radical (unpaired) electrons.